The maximum absolute atomic E-state index is 11.9. The molecule has 15 heavy (non-hydrogen) atoms. The van der Waals surface area contributed by atoms with Crippen LogP contribution in [-0.4, -0.2) is 45.5 Å². The van der Waals surface area contributed by atoms with Gasteiger partial charge in [-0.15, -0.1) is 11.8 Å². The molecule has 5 heteroatoms. The van der Waals surface area contributed by atoms with E-state index in [2.05, 4.69) is 0 Å². The Labute approximate surface area is 93.0 Å². The van der Waals surface area contributed by atoms with Gasteiger partial charge in [0, 0.05) is 13.1 Å². The van der Waals surface area contributed by atoms with Gasteiger partial charge in [0.1, 0.15) is 5.25 Å². The molecule has 2 rings (SSSR count). The highest BCUT2D eigenvalue weighted by molar-refractivity contribution is 8.02. The molecule has 1 N–H and O–H groups in total. The monoisotopic (exact) mass is 229 g/mol. The summed E-state index contributed by atoms with van der Waals surface area (Å²) in [6.45, 7) is 1.71. The van der Waals surface area contributed by atoms with E-state index < -0.39 is 5.97 Å². The van der Waals surface area contributed by atoms with Crippen molar-refractivity contribution in [2.45, 2.75) is 36.2 Å². The van der Waals surface area contributed by atoms with Crippen LogP contribution in [-0.2, 0) is 9.59 Å². The van der Waals surface area contributed by atoms with Crippen LogP contribution in [0.5, 0.6) is 0 Å². The molecular formula is C10H15NO3S. The van der Waals surface area contributed by atoms with Gasteiger partial charge in [-0.3, -0.25) is 9.59 Å². The lowest BCUT2D eigenvalue weighted by Crippen LogP contribution is -2.34. The standard InChI is InChI=1S/C10H15NO3S/c12-9(11-5-1-2-6-11)7-3-4-8(15-7)10(13)14/h7-8H,1-6H2,(H,13,14)/t7-,8-/m0/s1. The number of nitrogens with zero attached hydrogens (tertiary/aromatic N) is 1. The van der Waals surface area contributed by atoms with Gasteiger partial charge in [0.05, 0.1) is 5.25 Å². The van der Waals surface area contributed by atoms with Crippen LogP contribution in [0.1, 0.15) is 25.7 Å². The van der Waals surface area contributed by atoms with Crippen LogP contribution in [0.2, 0.25) is 0 Å². The molecule has 0 aliphatic carbocycles. The number of carboxylic acid groups (broad SMARTS) is 1. The van der Waals surface area contributed by atoms with E-state index in [-0.39, 0.29) is 16.4 Å². The summed E-state index contributed by atoms with van der Waals surface area (Å²) < 4.78 is 0. The summed E-state index contributed by atoms with van der Waals surface area (Å²) in [5.41, 5.74) is 0. The Balaban J connectivity index is 1.89. The van der Waals surface area contributed by atoms with Crippen LogP contribution in [0.4, 0.5) is 0 Å². The number of carbonyl (C=O) groups is 2. The Hall–Kier alpha value is -0.710. The van der Waals surface area contributed by atoms with E-state index in [0.29, 0.717) is 6.42 Å². The summed E-state index contributed by atoms with van der Waals surface area (Å²) in [6.07, 6.45) is 3.53. The summed E-state index contributed by atoms with van der Waals surface area (Å²) in [7, 11) is 0. The summed E-state index contributed by atoms with van der Waals surface area (Å²) in [5, 5.41) is 8.35. The lowest BCUT2D eigenvalue weighted by Gasteiger charge is -2.19. The van der Waals surface area contributed by atoms with Gasteiger partial charge >= 0.3 is 5.97 Å². The smallest absolute Gasteiger partial charge is 0.316 e. The number of thioether (sulfide) groups is 1. The SMILES string of the molecule is O=C(O)[C@@H]1CC[C@@H](C(=O)N2CCCC2)S1. The maximum atomic E-state index is 11.9. The van der Waals surface area contributed by atoms with Gasteiger partial charge in [0.2, 0.25) is 5.91 Å². The second-order valence-corrected chi connectivity index (χ2v) is 5.47. The highest BCUT2D eigenvalue weighted by Gasteiger charge is 2.36. The maximum Gasteiger partial charge on any atom is 0.316 e. The molecule has 0 aromatic carbocycles. The predicted octanol–water partition coefficient (Wildman–Crippen LogP) is 0.958. The van der Waals surface area contributed by atoms with Crippen molar-refractivity contribution in [3.63, 3.8) is 0 Å². The highest BCUT2D eigenvalue weighted by atomic mass is 32.2. The first-order chi connectivity index (χ1) is 7.18. The van der Waals surface area contributed by atoms with Crippen molar-refractivity contribution in [3.05, 3.63) is 0 Å². The van der Waals surface area contributed by atoms with E-state index in [9.17, 15) is 9.59 Å². The quantitative estimate of drug-likeness (QED) is 0.766. The molecule has 0 aromatic heterocycles. The first-order valence-corrected chi connectivity index (χ1v) is 6.30. The zero-order chi connectivity index (χ0) is 10.8. The van der Waals surface area contributed by atoms with Crippen LogP contribution >= 0.6 is 11.8 Å². The Morgan fingerprint density at radius 2 is 1.73 bits per heavy atom. The van der Waals surface area contributed by atoms with Crippen molar-refractivity contribution in [3.8, 4) is 0 Å². The van der Waals surface area contributed by atoms with E-state index in [1.807, 2.05) is 4.90 Å². The molecular weight excluding hydrogens is 214 g/mol. The molecule has 0 aromatic rings. The van der Waals surface area contributed by atoms with E-state index in [1.54, 1.807) is 0 Å². The molecule has 2 atom stereocenters. The lowest BCUT2D eigenvalue weighted by molar-refractivity contribution is -0.136. The number of rotatable bonds is 2. The molecule has 2 aliphatic rings. The minimum absolute atomic E-state index is 0.107. The normalized spacial score (nSPS) is 30.8. The third-order valence-corrected chi connectivity index (χ3v) is 4.52. The average molecular weight is 229 g/mol. The fourth-order valence-electron chi connectivity index (χ4n) is 2.14. The van der Waals surface area contributed by atoms with Crippen molar-refractivity contribution >= 4 is 23.6 Å². The second kappa shape index (κ2) is 4.43. The van der Waals surface area contributed by atoms with E-state index in [4.69, 9.17) is 5.11 Å². The summed E-state index contributed by atoms with van der Waals surface area (Å²) >= 11 is 1.32. The number of aliphatic carboxylic acids is 1. The molecule has 0 radical (unpaired) electrons. The molecule has 2 saturated heterocycles. The fourth-order valence-corrected chi connectivity index (χ4v) is 3.46. The number of likely N-dealkylation sites (tertiary alicyclic amines) is 1. The third kappa shape index (κ3) is 2.27. The van der Waals surface area contributed by atoms with Crippen molar-refractivity contribution in [2.24, 2.45) is 0 Å². The van der Waals surface area contributed by atoms with Gasteiger partial charge < -0.3 is 10.0 Å². The van der Waals surface area contributed by atoms with Gasteiger partial charge in [-0.25, -0.2) is 0 Å². The van der Waals surface area contributed by atoms with Crippen LogP contribution in [0.25, 0.3) is 0 Å². The minimum Gasteiger partial charge on any atom is -0.480 e. The van der Waals surface area contributed by atoms with Crippen LogP contribution in [0.3, 0.4) is 0 Å². The lowest BCUT2D eigenvalue weighted by atomic mass is 10.2. The van der Waals surface area contributed by atoms with E-state index >= 15 is 0 Å². The molecule has 0 bridgehead atoms. The molecule has 2 aliphatic heterocycles. The van der Waals surface area contributed by atoms with E-state index in [1.165, 1.54) is 11.8 Å². The second-order valence-electron chi connectivity index (χ2n) is 4.06. The zero-order valence-electron chi connectivity index (χ0n) is 8.52. The number of carboxylic acids is 1. The van der Waals surface area contributed by atoms with Crippen molar-refractivity contribution in [2.75, 3.05) is 13.1 Å². The summed E-state index contributed by atoms with van der Waals surface area (Å²) in [6, 6.07) is 0. The van der Waals surface area contributed by atoms with Crippen LogP contribution < -0.4 is 0 Å². The predicted molar refractivity (Wildman–Crippen MR) is 57.9 cm³/mol. The first kappa shape index (κ1) is 10.8. The van der Waals surface area contributed by atoms with Gasteiger partial charge in [0.25, 0.3) is 0 Å². The Morgan fingerprint density at radius 3 is 2.27 bits per heavy atom. The minimum atomic E-state index is -0.781. The number of hydrogen-bond donors (Lipinski definition) is 1. The molecule has 0 spiro atoms. The average Bonchev–Trinajstić information content (AvgIpc) is 2.88. The van der Waals surface area contributed by atoms with Gasteiger partial charge in [-0.2, -0.15) is 0 Å². The van der Waals surface area contributed by atoms with Gasteiger partial charge in [-0.1, -0.05) is 0 Å². The van der Waals surface area contributed by atoms with Crippen LogP contribution in [0.15, 0.2) is 0 Å². The molecule has 2 heterocycles. The molecule has 84 valence electrons. The topological polar surface area (TPSA) is 57.6 Å². The fraction of sp³-hybridized carbons (Fsp3) is 0.800. The van der Waals surface area contributed by atoms with Gasteiger partial charge in [-0.05, 0) is 25.7 Å². The van der Waals surface area contributed by atoms with Crippen molar-refractivity contribution in [1.82, 2.24) is 4.90 Å². The Bertz CT molecular complexity index is 276. The molecule has 2 fully saturated rings. The Morgan fingerprint density at radius 1 is 1.13 bits per heavy atom. The number of hydrogen-bond acceptors (Lipinski definition) is 3. The number of carbonyl (C=O) groups excluding carboxylic acids is 1. The molecule has 4 nitrogen and oxygen atoms in total. The van der Waals surface area contributed by atoms with Gasteiger partial charge in [0.15, 0.2) is 0 Å². The largest absolute Gasteiger partial charge is 0.480 e. The summed E-state index contributed by atoms with van der Waals surface area (Å²) in [4.78, 5) is 24.6. The van der Waals surface area contributed by atoms with E-state index in [0.717, 1.165) is 32.4 Å². The number of amides is 1. The zero-order valence-corrected chi connectivity index (χ0v) is 9.33. The third-order valence-electron chi connectivity index (χ3n) is 2.99. The molecule has 0 saturated carbocycles. The summed E-state index contributed by atoms with van der Waals surface area (Å²) in [5.74, 6) is -0.627. The molecule has 0 unspecified atom stereocenters. The molecule has 1 amide bonds. The first-order valence-electron chi connectivity index (χ1n) is 5.35. The van der Waals surface area contributed by atoms with Crippen molar-refractivity contribution in [1.29, 1.82) is 0 Å². The van der Waals surface area contributed by atoms with Crippen LogP contribution in [0, 0.1) is 0 Å². The van der Waals surface area contributed by atoms with Crippen molar-refractivity contribution < 1.29 is 14.7 Å². The highest BCUT2D eigenvalue weighted by Crippen LogP contribution is 2.35. The Kier molecular flexibility index (Phi) is 3.19.